The molecule has 0 spiro atoms. The number of aromatic amines is 1. The fraction of sp³-hybridized carbons (Fsp3) is 0.182. The molecule has 1 amide bonds. The number of carbonyl (C=O) groups is 1. The lowest BCUT2D eigenvalue weighted by atomic mass is 10.2. The second-order valence-electron chi connectivity index (χ2n) is 3.36. The van der Waals surface area contributed by atoms with E-state index in [0.717, 1.165) is 15.4 Å². The molecule has 1 heterocycles. The average molecular weight is 283 g/mol. The summed E-state index contributed by atoms with van der Waals surface area (Å²) in [6, 6.07) is 7.51. The highest BCUT2D eigenvalue weighted by molar-refractivity contribution is 9.10. The van der Waals surface area contributed by atoms with Crippen LogP contribution in [0.25, 0.3) is 10.9 Å². The summed E-state index contributed by atoms with van der Waals surface area (Å²) >= 11 is 3.42. The number of aliphatic hydroxyl groups is 1. The smallest absolute Gasteiger partial charge is 0.267 e. The second kappa shape index (κ2) is 4.67. The molecule has 0 unspecified atom stereocenters. The molecule has 84 valence electrons. The van der Waals surface area contributed by atoms with Gasteiger partial charge < -0.3 is 15.4 Å². The molecule has 0 radical (unpaired) electrons. The maximum absolute atomic E-state index is 11.6. The number of carbonyl (C=O) groups excluding carboxylic acids is 1. The van der Waals surface area contributed by atoms with Crippen molar-refractivity contribution >= 4 is 32.7 Å². The largest absolute Gasteiger partial charge is 0.395 e. The molecule has 1 aromatic heterocycles. The van der Waals surface area contributed by atoms with Crippen LogP contribution in [0.1, 0.15) is 10.5 Å². The Kier molecular flexibility index (Phi) is 3.26. The number of benzene rings is 1. The molecule has 0 aliphatic rings. The van der Waals surface area contributed by atoms with E-state index in [1.807, 2.05) is 18.2 Å². The third kappa shape index (κ3) is 2.10. The molecule has 2 rings (SSSR count). The van der Waals surface area contributed by atoms with Crippen molar-refractivity contribution in [2.45, 2.75) is 0 Å². The highest BCUT2D eigenvalue weighted by Gasteiger charge is 2.09. The predicted molar refractivity (Wildman–Crippen MR) is 65.4 cm³/mol. The normalized spacial score (nSPS) is 10.6. The SMILES string of the molecule is O=C(NCCO)c1cc2c(Br)cccc2[nH]1. The van der Waals surface area contributed by atoms with Crippen molar-refractivity contribution in [1.82, 2.24) is 10.3 Å². The number of fused-ring (bicyclic) bond motifs is 1. The Morgan fingerprint density at radius 3 is 3.00 bits per heavy atom. The highest BCUT2D eigenvalue weighted by Crippen LogP contribution is 2.24. The van der Waals surface area contributed by atoms with Crippen LogP contribution in [0, 0.1) is 0 Å². The topological polar surface area (TPSA) is 65.1 Å². The zero-order valence-corrected chi connectivity index (χ0v) is 10.0. The molecule has 0 bridgehead atoms. The number of hydrogen-bond donors (Lipinski definition) is 3. The molecule has 16 heavy (non-hydrogen) atoms. The van der Waals surface area contributed by atoms with Crippen LogP contribution < -0.4 is 5.32 Å². The van der Waals surface area contributed by atoms with E-state index in [9.17, 15) is 4.79 Å². The van der Waals surface area contributed by atoms with Crippen molar-refractivity contribution < 1.29 is 9.90 Å². The first-order chi connectivity index (χ1) is 7.72. The monoisotopic (exact) mass is 282 g/mol. The molecule has 0 saturated heterocycles. The molecule has 2 aromatic rings. The van der Waals surface area contributed by atoms with Gasteiger partial charge in [0.1, 0.15) is 5.69 Å². The van der Waals surface area contributed by atoms with Crippen LogP contribution in [0.4, 0.5) is 0 Å². The van der Waals surface area contributed by atoms with Crippen LogP contribution in [0.2, 0.25) is 0 Å². The molecule has 0 aliphatic carbocycles. The molecule has 4 nitrogen and oxygen atoms in total. The fourth-order valence-electron chi connectivity index (χ4n) is 1.51. The Hall–Kier alpha value is -1.33. The molecule has 0 aliphatic heterocycles. The summed E-state index contributed by atoms with van der Waals surface area (Å²) in [5.41, 5.74) is 1.40. The predicted octanol–water partition coefficient (Wildman–Crippen LogP) is 1.65. The number of halogens is 1. The summed E-state index contributed by atoms with van der Waals surface area (Å²) in [6.07, 6.45) is 0. The van der Waals surface area contributed by atoms with Crippen LogP contribution in [-0.2, 0) is 0 Å². The van der Waals surface area contributed by atoms with Gasteiger partial charge >= 0.3 is 0 Å². The van der Waals surface area contributed by atoms with Gasteiger partial charge in [-0.15, -0.1) is 0 Å². The summed E-state index contributed by atoms with van der Waals surface area (Å²) in [7, 11) is 0. The van der Waals surface area contributed by atoms with Gasteiger partial charge in [0.05, 0.1) is 6.61 Å². The van der Waals surface area contributed by atoms with Gasteiger partial charge in [-0.3, -0.25) is 4.79 Å². The summed E-state index contributed by atoms with van der Waals surface area (Å²) < 4.78 is 0.947. The number of H-pyrrole nitrogens is 1. The molecular formula is C11H11BrN2O2. The van der Waals surface area contributed by atoms with E-state index in [4.69, 9.17) is 5.11 Å². The van der Waals surface area contributed by atoms with Crippen molar-refractivity contribution in [3.05, 3.63) is 34.4 Å². The van der Waals surface area contributed by atoms with Crippen LogP contribution in [0.5, 0.6) is 0 Å². The molecular weight excluding hydrogens is 272 g/mol. The lowest BCUT2D eigenvalue weighted by molar-refractivity contribution is 0.0940. The zero-order chi connectivity index (χ0) is 11.5. The highest BCUT2D eigenvalue weighted by atomic mass is 79.9. The Balaban J connectivity index is 2.32. The molecule has 3 N–H and O–H groups in total. The van der Waals surface area contributed by atoms with E-state index >= 15 is 0 Å². The fourth-order valence-corrected chi connectivity index (χ4v) is 1.99. The van der Waals surface area contributed by atoms with Gasteiger partial charge in [0.25, 0.3) is 5.91 Å². The van der Waals surface area contributed by atoms with Gasteiger partial charge in [-0.2, -0.15) is 0 Å². The molecule has 5 heteroatoms. The van der Waals surface area contributed by atoms with E-state index in [2.05, 4.69) is 26.2 Å². The van der Waals surface area contributed by atoms with Gasteiger partial charge in [0.2, 0.25) is 0 Å². The van der Waals surface area contributed by atoms with Crippen molar-refractivity contribution in [3.63, 3.8) is 0 Å². The number of nitrogens with one attached hydrogen (secondary N) is 2. The summed E-state index contributed by atoms with van der Waals surface area (Å²) in [5, 5.41) is 12.2. The van der Waals surface area contributed by atoms with E-state index in [-0.39, 0.29) is 19.1 Å². The van der Waals surface area contributed by atoms with E-state index in [1.165, 1.54) is 0 Å². The van der Waals surface area contributed by atoms with Gasteiger partial charge in [-0.05, 0) is 18.2 Å². The van der Waals surface area contributed by atoms with Gasteiger partial charge in [-0.1, -0.05) is 22.0 Å². The zero-order valence-electron chi connectivity index (χ0n) is 8.46. The number of hydrogen-bond acceptors (Lipinski definition) is 2. The Morgan fingerprint density at radius 1 is 1.50 bits per heavy atom. The van der Waals surface area contributed by atoms with Crippen molar-refractivity contribution in [2.75, 3.05) is 13.2 Å². The minimum absolute atomic E-state index is 0.0599. The molecule has 1 aromatic carbocycles. The average Bonchev–Trinajstić information content (AvgIpc) is 2.71. The quantitative estimate of drug-likeness (QED) is 0.802. The molecule has 0 atom stereocenters. The Bertz CT molecular complexity index is 522. The Labute approximate surface area is 101 Å². The molecule has 0 saturated carbocycles. The van der Waals surface area contributed by atoms with Crippen LogP contribution >= 0.6 is 15.9 Å². The van der Waals surface area contributed by atoms with E-state index in [0.29, 0.717) is 5.69 Å². The van der Waals surface area contributed by atoms with Gasteiger partial charge in [0, 0.05) is 21.9 Å². The second-order valence-corrected chi connectivity index (χ2v) is 4.22. The van der Waals surface area contributed by atoms with Crippen LogP contribution in [-0.4, -0.2) is 29.1 Å². The standard InChI is InChI=1S/C11H11BrN2O2/c12-8-2-1-3-9-7(8)6-10(14-9)11(16)13-4-5-15/h1-3,6,14-15H,4-5H2,(H,13,16). The number of rotatable bonds is 3. The first kappa shape index (κ1) is 11.2. The minimum atomic E-state index is -0.211. The summed E-state index contributed by atoms with van der Waals surface area (Å²) in [6.45, 7) is 0.199. The summed E-state index contributed by atoms with van der Waals surface area (Å²) in [4.78, 5) is 14.6. The van der Waals surface area contributed by atoms with Gasteiger partial charge in [-0.25, -0.2) is 0 Å². The minimum Gasteiger partial charge on any atom is -0.395 e. The first-order valence-corrected chi connectivity index (χ1v) is 5.68. The van der Waals surface area contributed by atoms with E-state index < -0.39 is 0 Å². The number of aromatic nitrogens is 1. The lowest BCUT2D eigenvalue weighted by Crippen LogP contribution is -2.26. The lowest BCUT2D eigenvalue weighted by Gasteiger charge is -1.99. The summed E-state index contributed by atoms with van der Waals surface area (Å²) in [5.74, 6) is -0.211. The van der Waals surface area contributed by atoms with Crippen LogP contribution in [0.15, 0.2) is 28.7 Å². The van der Waals surface area contributed by atoms with Crippen molar-refractivity contribution in [3.8, 4) is 0 Å². The van der Waals surface area contributed by atoms with E-state index in [1.54, 1.807) is 6.07 Å². The Morgan fingerprint density at radius 2 is 2.31 bits per heavy atom. The number of amides is 1. The van der Waals surface area contributed by atoms with Gasteiger partial charge in [0.15, 0.2) is 0 Å². The van der Waals surface area contributed by atoms with Crippen molar-refractivity contribution in [1.29, 1.82) is 0 Å². The molecule has 0 fully saturated rings. The first-order valence-electron chi connectivity index (χ1n) is 4.88. The maximum atomic E-state index is 11.6. The third-order valence-corrected chi connectivity index (χ3v) is 2.94. The van der Waals surface area contributed by atoms with Crippen molar-refractivity contribution in [2.24, 2.45) is 0 Å². The maximum Gasteiger partial charge on any atom is 0.267 e. The number of aliphatic hydroxyl groups excluding tert-OH is 1. The van der Waals surface area contributed by atoms with Crippen LogP contribution in [0.3, 0.4) is 0 Å². The third-order valence-electron chi connectivity index (χ3n) is 2.25.